The average Bonchev–Trinajstić information content (AvgIpc) is 2.87. The second-order valence-corrected chi connectivity index (χ2v) is 3.95. The number of rotatable bonds is 5. The molecule has 1 aromatic carbocycles. The Morgan fingerprint density at radius 2 is 1.89 bits per heavy atom. The molecular formula is C13H15NO4. The van der Waals surface area contributed by atoms with Gasteiger partial charge < -0.3 is 25.1 Å². The fourth-order valence-corrected chi connectivity index (χ4v) is 1.64. The quantitative estimate of drug-likeness (QED) is 0.479. The van der Waals surface area contributed by atoms with Crippen LogP contribution in [0.3, 0.4) is 0 Å². The molecule has 5 heteroatoms. The fourth-order valence-electron chi connectivity index (χ4n) is 1.64. The molecule has 0 aliphatic carbocycles. The highest BCUT2D eigenvalue weighted by atomic mass is 16.3. The van der Waals surface area contributed by atoms with Crippen LogP contribution in [0.2, 0.25) is 0 Å². The van der Waals surface area contributed by atoms with Crippen molar-refractivity contribution in [2.45, 2.75) is 13.0 Å². The van der Waals surface area contributed by atoms with Crippen molar-refractivity contribution in [1.82, 2.24) is 5.32 Å². The monoisotopic (exact) mass is 249 g/mol. The topological polar surface area (TPSA) is 85.9 Å². The Balaban J connectivity index is 1.85. The zero-order valence-electron chi connectivity index (χ0n) is 9.76. The van der Waals surface area contributed by atoms with Crippen molar-refractivity contribution in [2.75, 3.05) is 6.54 Å². The molecule has 0 unspecified atom stereocenters. The summed E-state index contributed by atoms with van der Waals surface area (Å²) in [6.07, 6.45) is 2.37. The van der Waals surface area contributed by atoms with Gasteiger partial charge in [0.25, 0.3) is 0 Å². The van der Waals surface area contributed by atoms with Gasteiger partial charge >= 0.3 is 0 Å². The van der Waals surface area contributed by atoms with Crippen LogP contribution in [0, 0.1) is 0 Å². The Kier molecular flexibility index (Phi) is 3.74. The molecule has 0 amide bonds. The molecule has 96 valence electrons. The van der Waals surface area contributed by atoms with Gasteiger partial charge in [-0.3, -0.25) is 0 Å². The van der Waals surface area contributed by atoms with Gasteiger partial charge in [0.15, 0.2) is 11.5 Å². The van der Waals surface area contributed by atoms with Gasteiger partial charge in [-0.1, -0.05) is 6.07 Å². The lowest BCUT2D eigenvalue weighted by atomic mass is 10.1. The van der Waals surface area contributed by atoms with Crippen molar-refractivity contribution >= 4 is 0 Å². The lowest BCUT2D eigenvalue weighted by Crippen LogP contribution is -2.16. The maximum absolute atomic E-state index is 9.59. The van der Waals surface area contributed by atoms with Gasteiger partial charge in [-0.15, -0.1) is 0 Å². The summed E-state index contributed by atoms with van der Waals surface area (Å²) in [6, 6.07) is 6.63. The van der Waals surface area contributed by atoms with E-state index < -0.39 is 5.75 Å². The van der Waals surface area contributed by atoms with E-state index in [0.29, 0.717) is 18.7 Å². The van der Waals surface area contributed by atoms with Crippen molar-refractivity contribution < 1.29 is 19.7 Å². The van der Waals surface area contributed by atoms with Crippen molar-refractivity contribution in [3.63, 3.8) is 0 Å². The van der Waals surface area contributed by atoms with Crippen LogP contribution in [0.25, 0.3) is 0 Å². The first kappa shape index (κ1) is 12.3. The Bertz CT molecular complexity index is 508. The van der Waals surface area contributed by atoms with Crippen LogP contribution in [0.4, 0.5) is 0 Å². The molecule has 0 atom stereocenters. The molecule has 2 rings (SSSR count). The average molecular weight is 249 g/mol. The minimum Gasteiger partial charge on any atom is -0.504 e. The van der Waals surface area contributed by atoms with Crippen LogP contribution in [0.1, 0.15) is 11.3 Å². The summed E-state index contributed by atoms with van der Waals surface area (Å²) in [5.74, 6) is -0.215. The van der Waals surface area contributed by atoms with Crippen molar-refractivity contribution in [1.29, 1.82) is 0 Å². The lowest BCUT2D eigenvalue weighted by molar-refractivity contribution is 0.364. The molecule has 0 saturated carbocycles. The predicted molar refractivity (Wildman–Crippen MR) is 65.6 cm³/mol. The van der Waals surface area contributed by atoms with E-state index in [4.69, 9.17) is 4.42 Å². The molecule has 0 fully saturated rings. The molecule has 2 aromatic rings. The molecule has 1 aromatic heterocycles. The number of nitrogens with one attached hydrogen (secondary N) is 1. The van der Waals surface area contributed by atoms with Gasteiger partial charge in [0.05, 0.1) is 6.26 Å². The zero-order chi connectivity index (χ0) is 13.0. The molecule has 0 bridgehead atoms. The Morgan fingerprint density at radius 1 is 1.06 bits per heavy atom. The number of hydrogen-bond acceptors (Lipinski definition) is 5. The van der Waals surface area contributed by atoms with Gasteiger partial charge in [0, 0.05) is 25.1 Å². The van der Waals surface area contributed by atoms with Crippen LogP contribution in [0.15, 0.2) is 34.9 Å². The SMILES string of the molecule is Oc1ccc(CNCCc2ccco2)c(O)c1O. The Hall–Kier alpha value is -2.14. The minimum atomic E-state index is -0.486. The number of aromatic hydroxyl groups is 3. The first-order valence-corrected chi connectivity index (χ1v) is 5.64. The van der Waals surface area contributed by atoms with E-state index in [9.17, 15) is 15.3 Å². The van der Waals surface area contributed by atoms with Crippen LogP contribution < -0.4 is 5.32 Å². The zero-order valence-corrected chi connectivity index (χ0v) is 9.76. The normalized spacial score (nSPS) is 10.7. The third kappa shape index (κ3) is 2.75. The number of phenols is 3. The van der Waals surface area contributed by atoms with E-state index in [-0.39, 0.29) is 11.5 Å². The fraction of sp³-hybridized carbons (Fsp3) is 0.231. The molecule has 0 radical (unpaired) electrons. The summed E-state index contributed by atoms with van der Waals surface area (Å²) >= 11 is 0. The highest BCUT2D eigenvalue weighted by molar-refractivity contribution is 5.52. The summed E-state index contributed by atoms with van der Waals surface area (Å²) < 4.78 is 5.18. The highest BCUT2D eigenvalue weighted by Crippen LogP contribution is 2.36. The van der Waals surface area contributed by atoms with Gasteiger partial charge in [-0.2, -0.15) is 0 Å². The van der Waals surface area contributed by atoms with Gasteiger partial charge in [-0.25, -0.2) is 0 Å². The number of phenolic OH excluding ortho intramolecular Hbond substituents is 3. The van der Waals surface area contributed by atoms with Crippen LogP contribution in [0.5, 0.6) is 17.2 Å². The number of furan rings is 1. The highest BCUT2D eigenvalue weighted by Gasteiger charge is 2.10. The summed E-state index contributed by atoms with van der Waals surface area (Å²) in [7, 11) is 0. The molecule has 0 spiro atoms. The first-order valence-electron chi connectivity index (χ1n) is 5.64. The van der Waals surface area contributed by atoms with Gasteiger partial charge in [0.2, 0.25) is 5.75 Å². The van der Waals surface area contributed by atoms with Crippen molar-refractivity contribution in [3.05, 3.63) is 41.9 Å². The van der Waals surface area contributed by atoms with Crippen LogP contribution in [-0.2, 0) is 13.0 Å². The second kappa shape index (κ2) is 5.46. The van der Waals surface area contributed by atoms with Gasteiger partial charge in [0.1, 0.15) is 5.76 Å². The number of benzene rings is 1. The van der Waals surface area contributed by atoms with Crippen molar-refractivity contribution in [2.24, 2.45) is 0 Å². The van der Waals surface area contributed by atoms with E-state index in [2.05, 4.69) is 5.32 Å². The maximum Gasteiger partial charge on any atom is 0.200 e. The molecule has 0 aliphatic rings. The molecule has 18 heavy (non-hydrogen) atoms. The van der Waals surface area contributed by atoms with E-state index in [1.54, 1.807) is 12.3 Å². The van der Waals surface area contributed by atoms with Crippen molar-refractivity contribution in [3.8, 4) is 17.2 Å². The smallest absolute Gasteiger partial charge is 0.200 e. The summed E-state index contributed by atoms with van der Waals surface area (Å²) in [6.45, 7) is 1.09. The van der Waals surface area contributed by atoms with Gasteiger partial charge in [-0.05, 0) is 18.2 Å². The lowest BCUT2D eigenvalue weighted by Gasteiger charge is -2.08. The van der Waals surface area contributed by atoms with Crippen LogP contribution in [-0.4, -0.2) is 21.9 Å². The van der Waals surface area contributed by atoms with E-state index in [1.165, 1.54) is 6.07 Å². The molecular weight excluding hydrogens is 234 g/mol. The molecule has 0 aliphatic heterocycles. The van der Waals surface area contributed by atoms with Crippen LogP contribution >= 0.6 is 0 Å². The molecule has 1 heterocycles. The third-order valence-electron chi connectivity index (χ3n) is 2.66. The second-order valence-electron chi connectivity index (χ2n) is 3.95. The minimum absolute atomic E-state index is 0.291. The first-order chi connectivity index (χ1) is 8.68. The molecule has 0 saturated heterocycles. The van der Waals surface area contributed by atoms with E-state index >= 15 is 0 Å². The number of hydrogen-bond donors (Lipinski definition) is 4. The standard InChI is InChI=1S/C13H15NO4/c15-11-4-3-9(12(16)13(11)17)8-14-6-5-10-2-1-7-18-10/h1-4,7,14-17H,5-6,8H2. The summed E-state index contributed by atoms with van der Waals surface area (Å²) in [4.78, 5) is 0. The predicted octanol–water partition coefficient (Wildman–Crippen LogP) is 1.73. The molecule has 5 nitrogen and oxygen atoms in total. The molecule has 4 N–H and O–H groups in total. The Morgan fingerprint density at radius 3 is 2.61 bits per heavy atom. The van der Waals surface area contributed by atoms with E-state index in [0.717, 1.165) is 12.2 Å². The summed E-state index contributed by atoms with van der Waals surface area (Å²) in [5, 5.41) is 31.2. The third-order valence-corrected chi connectivity index (χ3v) is 2.66. The van der Waals surface area contributed by atoms with E-state index in [1.807, 2.05) is 12.1 Å². The summed E-state index contributed by atoms with van der Waals surface area (Å²) in [5.41, 5.74) is 0.532. The maximum atomic E-state index is 9.59. The largest absolute Gasteiger partial charge is 0.504 e. The Labute approximate surface area is 104 Å².